The molecule has 0 saturated heterocycles. The molecule has 0 aliphatic heterocycles. The summed E-state index contributed by atoms with van der Waals surface area (Å²) in [6.45, 7) is 3.24. The van der Waals surface area contributed by atoms with Crippen molar-refractivity contribution in [1.82, 2.24) is 5.32 Å². The normalized spacial score (nSPS) is 16.5. The van der Waals surface area contributed by atoms with E-state index in [1.807, 2.05) is 12.1 Å². The first-order chi connectivity index (χ1) is 9.96. The SMILES string of the molecule is CCC(C)(NC(=O)Nc1cccc2c1CCCC2)C(=O)O. The second-order valence-corrected chi connectivity index (χ2v) is 5.72. The van der Waals surface area contributed by atoms with Crippen LogP contribution in [0.3, 0.4) is 0 Å². The molecule has 5 heteroatoms. The van der Waals surface area contributed by atoms with Gasteiger partial charge in [-0.2, -0.15) is 0 Å². The number of carbonyl (C=O) groups is 2. The van der Waals surface area contributed by atoms with E-state index in [-0.39, 0.29) is 0 Å². The Morgan fingerprint density at radius 2 is 2.00 bits per heavy atom. The van der Waals surface area contributed by atoms with Crippen molar-refractivity contribution < 1.29 is 14.7 Å². The number of hydrogen-bond donors (Lipinski definition) is 3. The number of aliphatic carboxylic acids is 1. The predicted octanol–water partition coefficient (Wildman–Crippen LogP) is 2.94. The van der Waals surface area contributed by atoms with Crippen LogP contribution in [0.2, 0.25) is 0 Å². The van der Waals surface area contributed by atoms with Crippen molar-refractivity contribution in [2.45, 2.75) is 51.5 Å². The Labute approximate surface area is 124 Å². The summed E-state index contributed by atoms with van der Waals surface area (Å²) in [5, 5.41) is 14.5. The molecular weight excluding hydrogens is 268 g/mol. The van der Waals surface area contributed by atoms with Gasteiger partial charge in [-0.3, -0.25) is 0 Å². The zero-order valence-corrected chi connectivity index (χ0v) is 12.5. The van der Waals surface area contributed by atoms with E-state index in [2.05, 4.69) is 16.7 Å². The monoisotopic (exact) mass is 290 g/mol. The maximum atomic E-state index is 12.1. The van der Waals surface area contributed by atoms with Crippen LogP contribution in [0.25, 0.3) is 0 Å². The fourth-order valence-corrected chi connectivity index (χ4v) is 2.60. The summed E-state index contributed by atoms with van der Waals surface area (Å²) in [5.74, 6) is -1.03. The van der Waals surface area contributed by atoms with Gasteiger partial charge in [0.2, 0.25) is 0 Å². The first-order valence-corrected chi connectivity index (χ1v) is 7.39. The Morgan fingerprint density at radius 3 is 2.67 bits per heavy atom. The Hall–Kier alpha value is -2.04. The van der Waals surface area contributed by atoms with Crippen LogP contribution in [0.4, 0.5) is 10.5 Å². The molecule has 0 aromatic heterocycles. The van der Waals surface area contributed by atoms with Crippen LogP contribution in [-0.4, -0.2) is 22.6 Å². The average Bonchev–Trinajstić information content (AvgIpc) is 2.47. The van der Waals surface area contributed by atoms with Crippen molar-refractivity contribution in [2.24, 2.45) is 0 Å². The molecule has 1 aliphatic carbocycles. The van der Waals surface area contributed by atoms with Crippen LogP contribution < -0.4 is 10.6 Å². The number of fused-ring (bicyclic) bond motifs is 1. The minimum atomic E-state index is -1.25. The van der Waals surface area contributed by atoms with Crippen molar-refractivity contribution >= 4 is 17.7 Å². The molecule has 2 rings (SSSR count). The lowest BCUT2D eigenvalue weighted by atomic mass is 9.90. The van der Waals surface area contributed by atoms with Gasteiger partial charge in [0, 0.05) is 5.69 Å². The average molecular weight is 290 g/mol. The Balaban J connectivity index is 2.12. The van der Waals surface area contributed by atoms with Crippen LogP contribution in [0, 0.1) is 0 Å². The molecule has 1 aromatic rings. The van der Waals surface area contributed by atoms with Gasteiger partial charge < -0.3 is 15.7 Å². The Morgan fingerprint density at radius 1 is 1.29 bits per heavy atom. The third kappa shape index (κ3) is 3.35. The van der Waals surface area contributed by atoms with Crippen molar-refractivity contribution in [1.29, 1.82) is 0 Å². The maximum Gasteiger partial charge on any atom is 0.329 e. The van der Waals surface area contributed by atoms with Gasteiger partial charge in [-0.25, -0.2) is 9.59 Å². The number of benzene rings is 1. The largest absolute Gasteiger partial charge is 0.480 e. The van der Waals surface area contributed by atoms with Crippen molar-refractivity contribution in [3.8, 4) is 0 Å². The van der Waals surface area contributed by atoms with Gasteiger partial charge in [0.15, 0.2) is 0 Å². The number of carbonyl (C=O) groups excluding carboxylic acids is 1. The Kier molecular flexibility index (Phi) is 4.50. The molecule has 1 unspecified atom stereocenters. The van der Waals surface area contributed by atoms with Crippen LogP contribution in [0.1, 0.15) is 44.2 Å². The van der Waals surface area contributed by atoms with Gasteiger partial charge in [0.25, 0.3) is 0 Å². The van der Waals surface area contributed by atoms with Gasteiger partial charge in [-0.1, -0.05) is 19.1 Å². The van der Waals surface area contributed by atoms with Gasteiger partial charge in [0.1, 0.15) is 5.54 Å². The first kappa shape index (κ1) is 15.4. The molecule has 2 amide bonds. The summed E-state index contributed by atoms with van der Waals surface area (Å²) < 4.78 is 0. The van der Waals surface area contributed by atoms with E-state index in [0.717, 1.165) is 24.9 Å². The van der Waals surface area contributed by atoms with Gasteiger partial charge >= 0.3 is 12.0 Å². The molecule has 21 heavy (non-hydrogen) atoms. The van der Waals surface area contributed by atoms with Crippen molar-refractivity contribution in [2.75, 3.05) is 5.32 Å². The summed E-state index contributed by atoms with van der Waals surface area (Å²) >= 11 is 0. The highest BCUT2D eigenvalue weighted by molar-refractivity contribution is 5.94. The van der Waals surface area contributed by atoms with Crippen LogP contribution in [0.15, 0.2) is 18.2 Å². The van der Waals surface area contributed by atoms with Gasteiger partial charge in [-0.05, 0) is 56.2 Å². The van der Waals surface area contributed by atoms with Crippen LogP contribution in [0.5, 0.6) is 0 Å². The highest BCUT2D eigenvalue weighted by Gasteiger charge is 2.32. The summed E-state index contributed by atoms with van der Waals surface area (Å²) in [7, 11) is 0. The van der Waals surface area contributed by atoms with E-state index in [4.69, 9.17) is 0 Å². The number of nitrogens with one attached hydrogen (secondary N) is 2. The number of amides is 2. The van der Waals surface area contributed by atoms with Gasteiger partial charge in [0.05, 0.1) is 0 Å². The van der Waals surface area contributed by atoms with Crippen molar-refractivity contribution in [3.63, 3.8) is 0 Å². The van der Waals surface area contributed by atoms with E-state index in [9.17, 15) is 14.7 Å². The molecule has 0 bridgehead atoms. The molecule has 1 aromatic carbocycles. The number of aryl methyl sites for hydroxylation is 1. The fourth-order valence-electron chi connectivity index (χ4n) is 2.60. The zero-order chi connectivity index (χ0) is 15.5. The predicted molar refractivity (Wildman–Crippen MR) is 81.6 cm³/mol. The number of carboxylic acid groups (broad SMARTS) is 1. The topological polar surface area (TPSA) is 78.4 Å². The fraction of sp³-hybridized carbons (Fsp3) is 0.500. The van der Waals surface area contributed by atoms with E-state index >= 15 is 0 Å². The van der Waals surface area contributed by atoms with E-state index in [0.29, 0.717) is 6.42 Å². The van der Waals surface area contributed by atoms with E-state index in [1.165, 1.54) is 24.5 Å². The summed E-state index contributed by atoms with van der Waals surface area (Å²) in [6.07, 6.45) is 4.61. The van der Waals surface area contributed by atoms with E-state index in [1.54, 1.807) is 6.92 Å². The number of anilines is 1. The summed E-state index contributed by atoms with van der Waals surface area (Å²) in [5.41, 5.74) is 1.98. The Bertz CT molecular complexity index is 556. The lowest BCUT2D eigenvalue weighted by molar-refractivity contribution is -0.143. The van der Waals surface area contributed by atoms with Gasteiger partial charge in [-0.15, -0.1) is 0 Å². The molecule has 0 saturated carbocycles. The molecule has 114 valence electrons. The molecule has 0 heterocycles. The number of carboxylic acids is 1. The standard InChI is InChI=1S/C16H22N2O3/c1-3-16(2,14(19)20)18-15(21)17-13-10-6-8-11-7-4-5-9-12(11)13/h6,8,10H,3-5,7,9H2,1-2H3,(H,19,20)(H2,17,18,21). The molecule has 5 nitrogen and oxygen atoms in total. The second-order valence-electron chi connectivity index (χ2n) is 5.72. The van der Waals surface area contributed by atoms with Crippen LogP contribution in [-0.2, 0) is 17.6 Å². The zero-order valence-electron chi connectivity index (χ0n) is 12.5. The first-order valence-electron chi connectivity index (χ1n) is 7.39. The molecule has 1 aliphatic rings. The lowest BCUT2D eigenvalue weighted by Gasteiger charge is -2.26. The molecule has 0 fully saturated rings. The van der Waals surface area contributed by atoms with Crippen LogP contribution >= 0.6 is 0 Å². The molecule has 3 N–H and O–H groups in total. The second kappa shape index (κ2) is 6.16. The smallest absolute Gasteiger partial charge is 0.329 e. The third-order valence-corrected chi connectivity index (χ3v) is 4.21. The molecule has 0 spiro atoms. The highest BCUT2D eigenvalue weighted by atomic mass is 16.4. The quantitative estimate of drug-likeness (QED) is 0.797. The lowest BCUT2D eigenvalue weighted by Crippen LogP contribution is -2.53. The molecule has 1 atom stereocenters. The minimum Gasteiger partial charge on any atom is -0.480 e. The molecular formula is C16H22N2O3. The number of rotatable bonds is 4. The highest BCUT2D eigenvalue weighted by Crippen LogP contribution is 2.27. The number of urea groups is 1. The number of hydrogen-bond acceptors (Lipinski definition) is 2. The van der Waals surface area contributed by atoms with Crippen molar-refractivity contribution in [3.05, 3.63) is 29.3 Å². The maximum absolute atomic E-state index is 12.1. The van der Waals surface area contributed by atoms with E-state index < -0.39 is 17.5 Å². The third-order valence-electron chi connectivity index (χ3n) is 4.21. The minimum absolute atomic E-state index is 0.322. The summed E-state index contributed by atoms with van der Waals surface area (Å²) in [4.78, 5) is 23.3. The summed E-state index contributed by atoms with van der Waals surface area (Å²) in [6, 6.07) is 5.41. The molecule has 0 radical (unpaired) electrons.